The summed E-state index contributed by atoms with van der Waals surface area (Å²) < 4.78 is 0. The van der Waals surface area contributed by atoms with E-state index in [2.05, 4.69) is 44.8 Å². The van der Waals surface area contributed by atoms with Crippen LogP contribution in [0.5, 0.6) is 0 Å². The third kappa shape index (κ3) is 5.61. The highest BCUT2D eigenvalue weighted by Crippen LogP contribution is 2.24. The zero-order valence-corrected chi connectivity index (χ0v) is 11.6. The molecule has 0 unspecified atom stereocenters. The highest BCUT2D eigenvalue weighted by atomic mass is 16.1. The maximum atomic E-state index is 11.2. The lowest BCUT2D eigenvalue weighted by Crippen LogP contribution is -2.37. The Hall–Kier alpha value is -0.410. The molecule has 0 bridgehead atoms. The molecule has 0 aromatic carbocycles. The van der Waals surface area contributed by atoms with Crippen LogP contribution in [0.25, 0.3) is 0 Å². The SMILES string of the molecule is CCC(C=O)(CC)CN(C)CCCN(C)C. The molecule has 0 N–H and O–H groups in total. The van der Waals surface area contributed by atoms with E-state index in [1.807, 2.05) is 0 Å². The highest BCUT2D eigenvalue weighted by Gasteiger charge is 2.26. The Morgan fingerprint density at radius 1 is 1.06 bits per heavy atom. The van der Waals surface area contributed by atoms with Crippen LogP contribution in [0.2, 0.25) is 0 Å². The Morgan fingerprint density at radius 2 is 1.62 bits per heavy atom. The van der Waals surface area contributed by atoms with Gasteiger partial charge in [-0.15, -0.1) is 0 Å². The summed E-state index contributed by atoms with van der Waals surface area (Å²) in [5.41, 5.74) is -0.132. The molecule has 0 heterocycles. The molecular formula is C13H28N2O. The zero-order chi connectivity index (χ0) is 12.6. The summed E-state index contributed by atoms with van der Waals surface area (Å²) in [7, 11) is 6.29. The topological polar surface area (TPSA) is 23.6 Å². The van der Waals surface area contributed by atoms with Crippen molar-refractivity contribution in [3.63, 3.8) is 0 Å². The lowest BCUT2D eigenvalue weighted by atomic mass is 9.83. The van der Waals surface area contributed by atoms with E-state index in [9.17, 15) is 4.79 Å². The molecular weight excluding hydrogens is 200 g/mol. The Balaban J connectivity index is 4.00. The van der Waals surface area contributed by atoms with Crippen molar-refractivity contribution in [1.82, 2.24) is 9.80 Å². The smallest absolute Gasteiger partial charge is 0.127 e. The first kappa shape index (κ1) is 15.6. The zero-order valence-electron chi connectivity index (χ0n) is 11.6. The predicted octanol–water partition coefficient (Wildman–Crippen LogP) is 1.88. The third-order valence-corrected chi connectivity index (χ3v) is 3.39. The summed E-state index contributed by atoms with van der Waals surface area (Å²) in [6, 6.07) is 0. The number of carbonyl (C=O) groups is 1. The summed E-state index contributed by atoms with van der Waals surface area (Å²) in [6.07, 6.45) is 4.18. The third-order valence-electron chi connectivity index (χ3n) is 3.39. The van der Waals surface area contributed by atoms with Crippen LogP contribution in [0.1, 0.15) is 33.1 Å². The van der Waals surface area contributed by atoms with Crippen LogP contribution in [0, 0.1) is 5.41 Å². The van der Waals surface area contributed by atoms with Crippen LogP contribution in [0.4, 0.5) is 0 Å². The summed E-state index contributed by atoms with van der Waals surface area (Å²) in [4.78, 5) is 15.6. The van der Waals surface area contributed by atoms with Crippen LogP contribution >= 0.6 is 0 Å². The van der Waals surface area contributed by atoms with Gasteiger partial charge in [0.25, 0.3) is 0 Å². The van der Waals surface area contributed by atoms with Crippen LogP contribution in [-0.2, 0) is 4.79 Å². The number of rotatable bonds is 9. The fourth-order valence-electron chi connectivity index (χ4n) is 1.95. The van der Waals surface area contributed by atoms with Gasteiger partial charge in [0.2, 0.25) is 0 Å². The summed E-state index contributed by atoms with van der Waals surface area (Å²) >= 11 is 0. The van der Waals surface area contributed by atoms with Gasteiger partial charge in [-0.25, -0.2) is 0 Å². The van der Waals surface area contributed by atoms with Crippen molar-refractivity contribution < 1.29 is 4.79 Å². The number of hydrogen-bond donors (Lipinski definition) is 0. The molecule has 3 nitrogen and oxygen atoms in total. The van der Waals surface area contributed by atoms with Crippen molar-refractivity contribution in [3.8, 4) is 0 Å². The van der Waals surface area contributed by atoms with E-state index in [-0.39, 0.29) is 5.41 Å². The Morgan fingerprint density at radius 3 is 2.00 bits per heavy atom. The number of carbonyl (C=O) groups excluding carboxylic acids is 1. The predicted molar refractivity (Wildman–Crippen MR) is 69.7 cm³/mol. The van der Waals surface area contributed by atoms with E-state index in [4.69, 9.17) is 0 Å². The maximum absolute atomic E-state index is 11.2. The average Bonchev–Trinajstić information content (AvgIpc) is 2.25. The van der Waals surface area contributed by atoms with Gasteiger partial charge < -0.3 is 14.6 Å². The Labute approximate surface area is 101 Å². The van der Waals surface area contributed by atoms with Gasteiger partial charge in [0.1, 0.15) is 6.29 Å². The van der Waals surface area contributed by atoms with Crippen molar-refractivity contribution in [3.05, 3.63) is 0 Å². The first-order chi connectivity index (χ1) is 7.49. The van der Waals surface area contributed by atoms with Crippen molar-refractivity contribution in [1.29, 1.82) is 0 Å². The first-order valence-electron chi connectivity index (χ1n) is 6.29. The first-order valence-corrected chi connectivity index (χ1v) is 6.29. The molecule has 0 aliphatic carbocycles. The minimum atomic E-state index is -0.132. The van der Waals surface area contributed by atoms with Gasteiger partial charge in [0, 0.05) is 12.0 Å². The number of nitrogens with zero attached hydrogens (tertiary/aromatic N) is 2. The molecule has 96 valence electrons. The standard InChI is InChI=1S/C13H28N2O/c1-6-13(7-2,12-16)11-15(5)10-8-9-14(3)4/h12H,6-11H2,1-5H3. The van der Waals surface area contributed by atoms with E-state index in [0.717, 1.165) is 45.2 Å². The largest absolute Gasteiger partial charge is 0.309 e. The van der Waals surface area contributed by atoms with E-state index < -0.39 is 0 Å². The molecule has 0 aliphatic heterocycles. The lowest BCUT2D eigenvalue weighted by Gasteiger charge is -2.30. The van der Waals surface area contributed by atoms with Gasteiger partial charge in [-0.1, -0.05) is 13.8 Å². The highest BCUT2D eigenvalue weighted by molar-refractivity contribution is 5.59. The van der Waals surface area contributed by atoms with Crippen molar-refractivity contribution in [2.45, 2.75) is 33.1 Å². The van der Waals surface area contributed by atoms with Gasteiger partial charge in [-0.3, -0.25) is 0 Å². The van der Waals surface area contributed by atoms with Gasteiger partial charge in [0.05, 0.1) is 0 Å². The molecule has 0 saturated heterocycles. The van der Waals surface area contributed by atoms with Gasteiger partial charge in [-0.05, 0) is 53.5 Å². The monoisotopic (exact) mass is 228 g/mol. The van der Waals surface area contributed by atoms with E-state index in [0.29, 0.717) is 0 Å². The van der Waals surface area contributed by atoms with Gasteiger partial charge in [0.15, 0.2) is 0 Å². The molecule has 0 radical (unpaired) electrons. The Kier molecular flexibility index (Phi) is 7.60. The lowest BCUT2D eigenvalue weighted by molar-refractivity contribution is -0.117. The summed E-state index contributed by atoms with van der Waals surface area (Å²) in [6.45, 7) is 7.26. The van der Waals surface area contributed by atoms with Crippen molar-refractivity contribution in [2.24, 2.45) is 5.41 Å². The van der Waals surface area contributed by atoms with E-state index in [1.165, 1.54) is 0 Å². The second kappa shape index (κ2) is 7.80. The molecule has 0 aromatic rings. The molecule has 0 atom stereocenters. The number of hydrogen-bond acceptors (Lipinski definition) is 3. The second-order valence-corrected chi connectivity index (χ2v) is 5.08. The molecule has 0 saturated carbocycles. The molecule has 0 rings (SSSR count). The minimum absolute atomic E-state index is 0.132. The summed E-state index contributed by atoms with van der Waals surface area (Å²) in [5.74, 6) is 0. The van der Waals surface area contributed by atoms with Gasteiger partial charge in [-0.2, -0.15) is 0 Å². The molecule has 0 amide bonds. The van der Waals surface area contributed by atoms with Crippen LogP contribution in [-0.4, -0.2) is 56.9 Å². The quantitative estimate of drug-likeness (QED) is 0.563. The Bertz CT molecular complexity index is 188. The molecule has 0 aliphatic rings. The van der Waals surface area contributed by atoms with E-state index in [1.54, 1.807) is 0 Å². The van der Waals surface area contributed by atoms with E-state index >= 15 is 0 Å². The van der Waals surface area contributed by atoms with Crippen molar-refractivity contribution >= 4 is 6.29 Å². The second-order valence-electron chi connectivity index (χ2n) is 5.08. The fraction of sp³-hybridized carbons (Fsp3) is 0.923. The number of aldehydes is 1. The van der Waals surface area contributed by atoms with Crippen LogP contribution in [0.15, 0.2) is 0 Å². The molecule has 0 spiro atoms. The van der Waals surface area contributed by atoms with Crippen molar-refractivity contribution in [2.75, 3.05) is 40.8 Å². The fourth-order valence-corrected chi connectivity index (χ4v) is 1.95. The molecule has 0 fully saturated rings. The normalized spacial score (nSPS) is 12.4. The molecule has 16 heavy (non-hydrogen) atoms. The maximum Gasteiger partial charge on any atom is 0.127 e. The molecule has 3 heteroatoms. The van der Waals surface area contributed by atoms with Crippen LogP contribution in [0.3, 0.4) is 0 Å². The van der Waals surface area contributed by atoms with Gasteiger partial charge >= 0.3 is 0 Å². The molecule has 0 aromatic heterocycles. The minimum Gasteiger partial charge on any atom is -0.309 e. The summed E-state index contributed by atoms with van der Waals surface area (Å²) in [5, 5.41) is 0. The van der Waals surface area contributed by atoms with Crippen LogP contribution < -0.4 is 0 Å². The average molecular weight is 228 g/mol.